The number of aromatic hydroxyl groups is 2. The lowest BCUT2D eigenvalue weighted by molar-refractivity contribution is -0.138. The van der Waals surface area contributed by atoms with Crippen molar-refractivity contribution in [2.75, 3.05) is 10.9 Å². The number of phenols is 2. The Morgan fingerprint density at radius 1 is 0.697 bits per heavy atom. The molecule has 3 aromatic rings. The van der Waals surface area contributed by atoms with E-state index in [0.717, 1.165) is 24.3 Å². The van der Waals surface area contributed by atoms with Gasteiger partial charge < -0.3 is 15.6 Å². The van der Waals surface area contributed by atoms with Crippen LogP contribution < -0.4 is 16.7 Å². The third-order valence-electron chi connectivity index (χ3n) is 4.00. The molecule has 0 atom stereocenters. The van der Waals surface area contributed by atoms with Crippen LogP contribution in [0.5, 0.6) is 11.5 Å². The van der Waals surface area contributed by atoms with Crippen LogP contribution in [0.1, 0.15) is 16.7 Å². The van der Waals surface area contributed by atoms with Gasteiger partial charge in [-0.25, -0.2) is 0 Å². The zero-order chi connectivity index (χ0) is 24.6. The van der Waals surface area contributed by atoms with Gasteiger partial charge in [0.2, 0.25) is 0 Å². The standard InChI is InChI=1S/C14H11F3N2O2.C7H7F3N2/c15-14(16,17)10-2-4-11(5-3-10)19-18-8-9-1-6-12(20)13(21)7-9;8-7(9,10)5-1-3-6(12-11)4-2-5/h1-8,19-21H;1-4,12H,11H2. The maximum absolute atomic E-state index is 12.4. The highest BCUT2D eigenvalue weighted by Gasteiger charge is 2.30. The molecule has 0 aliphatic carbocycles. The van der Waals surface area contributed by atoms with Crippen LogP contribution in [-0.4, -0.2) is 16.4 Å². The maximum Gasteiger partial charge on any atom is 0.416 e. The van der Waals surface area contributed by atoms with Crippen molar-refractivity contribution in [2.24, 2.45) is 10.9 Å². The van der Waals surface area contributed by atoms with E-state index >= 15 is 0 Å². The van der Waals surface area contributed by atoms with Gasteiger partial charge in [0.1, 0.15) is 0 Å². The van der Waals surface area contributed by atoms with Crippen LogP contribution in [-0.2, 0) is 12.4 Å². The largest absolute Gasteiger partial charge is 0.504 e. The van der Waals surface area contributed by atoms with Crippen molar-refractivity contribution in [1.82, 2.24) is 0 Å². The number of rotatable bonds is 4. The van der Waals surface area contributed by atoms with E-state index in [9.17, 15) is 31.4 Å². The van der Waals surface area contributed by atoms with Gasteiger partial charge in [0.15, 0.2) is 11.5 Å². The van der Waals surface area contributed by atoms with Crippen LogP contribution in [0.4, 0.5) is 37.7 Å². The molecule has 0 spiro atoms. The molecule has 0 fully saturated rings. The molecule has 0 aliphatic heterocycles. The first-order valence-corrected chi connectivity index (χ1v) is 9.02. The van der Waals surface area contributed by atoms with Crippen molar-refractivity contribution in [3.63, 3.8) is 0 Å². The van der Waals surface area contributed by atoms with E-state index in [0.29, 0.717) is 16.9 Å². The third kappa shape index (κ3) is 7.92. The van der Waals surface area contributed by atoms with Crippen LogP contribution in [0.15, 0.2) is 71.8 Å². The van der Waals surface area contributed by atoms with Crippen molar-refractivity contribution < 1.29 is 36.6 Å². The summed E-state index contributed by atoms with van der Waals surface area (Å²) in [6.07, 6.45) is -7.30. The number of halogens is 6. The lowest BCUT2D eigenvalue weighted by Gasteiger charge is -2.07. The summed E-state index contributed by atoms with van der Waals surface area (Å²) in [6, 6.07) is 13.0. The van der Waals surface area contributed by atoms with Crippen LogP contribution >= 0.6 is 0 Å². The Bertz CT molecular complexity index is 1070. The summed E-state index contributed by atoms with van der Waals surface area (Å²) in [4.78, 5) is 0. The molecule has 12 heteroatoms. The van der Waals surface area contributed by atoms with Gasteiger partial charge in [-0.3, -0.25) is 11.3 Å². The normalized spacial score (nSPS) is 11.6. The SMILES string of the molecule is NNc1ccc(C(F)(F)F)cc1.Oc1ccc(C=NNc2ccc(C(F)(F)F)cc2)cc1O. The second-order valence-corrected chi connectivity index (χ2v) is 6.41. The van der Waals surface area contributed by atoms with Crippen molar-refractivity contribution in [2.45, 2.75) is 12.4 Å². The molecule has 0 amide bonds. The highest BCUT2D eigenvalue weighted by molar-refractivity contribution is 5.81. The lowest BCUT2D eigenvalue weighted by Crippen LogP contribution is -2.08. The van der Waals surface area contributed by atoms with Crippen molar-refractivity contribution in [3.8, 4) is 11.5 Å². The minimum absolute atomic E-state index is 0.247. The monoisotopic (exact) mass is 472 g/mol. The molecule has 0 saturated carbocycles. The zero-order valence-corrected chi connectivity index (χ0v) is 16.6. The summed E-state index contributed by atoms with van der Waals surface area (Å²) in [7, 11) is 0. The number of nitrogen functional groups attached to an aromatic ring is 1. The first-order chi connectivity index (χ1) is 15.4. The number of hydrogen-bond acceptors (Lipinski definition) is 6. The van der Waals surface area contributed by atoms with Gasteiger partial charge in [0, 0.05) is 5.69 Å². The van der Waals surface area contributed by atoms with Gasteiger partial charge in [0.25, 0.3) is 0 Å². The zero-order valence-electron chi connectivity index (χ0n) is 16.6. The molecule has 6 N–H and O–H groups in total. The Kier molecular flexibility index (Phi) is 8.13. The quantitative estimate of drug-likeness (QED) is 0.113. The predicted octanol–water partition coefficient (Wildman–Crippen LogP) is 5.55. The fourth-order valence-corrected chi connectivity index (χ4v) is 2.29. The number of nitrogens with two attached hydrogens (primary N) is 1. The fourth-order valence-electron chi connectivity index (χ4n) is 2.29. The molecular weight excluding hydrogens is 454 g/mol. The number of nitrogens with zero attached hydrogens (tertiary/aromatic N) is 1. The summed E-state index contributed by atoms with van der Waals surface area (Å²) in [5, 5.41) is 22.2. The minimum Gasteiger partial charge on any atom is -0.504 e. The summed E-state index contributed by atoms with van der Waals surface area (Å²) in [5.74, 6) is 4.45. The van der Waals surface area contributed by atoms with Crippen molar-refractivity contribution in [3.05, 3.63) is 83.4 Å². The number of nitrogens with one attached hydrogen (secondary N) is 2. The topological polar surface area (TPSA) is 103 Å². The van der Waals surface area contributed by atoms with Crippen LogP contribution in [0.25, 0.3) is 0 Å². The molecule has 0 unspecified atom stereocenters. The molecule has 0 bridgehead atoms. The van der Waals surface area contributed by atoms with E-state index in [4.69, 9.17) is 10.9 Å². The summed E-state index contributed by atoms with van der Waals surface area (Å²) < 4.78 is 73.0. The number of phenolic OH excluding ortho intramolecular Hbond substituents is 2. The van der Waals surface area contributed by atoms with E-state index in [-0.39, 0.29) is 11.5 Å². The van der Waals surface area contributed by atoms with E-state index in [1.165, 1.54) is 48.7 Å². The maximum atomic E-state index is 12.4. The molecule has 0 heterocycles. The van der Waals surface area contributed by atoms with Crippen LogP contribution in [0.3, 0.4) is 0 Å². The molecule has 0 radical (unpaired) electrons. The fraction of sp³-hybridized carbons (Fsp3) is 0.0952. The number of hydrazine groups is 1. The molecule has 176 valence electrons. The summed E-state index contributed by atoms with van der Waals surface area (Å²) >= 11 is 0. The second-order valence-electron chi connectivity index (χ2n) is 6.41. The number of hydrogen-bond donors (Lipinski definition) is 5. The number of benzene rings is 3. The van der Waals surface area contributed by atoms with Crippen LogP contribution in [0.2, 0.25) is 0 Å². The average molecular weight is 472 g/mol. The molecule has 33 heavy (non-hydrogen) atoms. The van der Waals surface area contributed by atoms with Crippen LogP contribution in [0, 0.1) is 0 Å². The van der Waals surface area contributed by atoms with Gasteiger partial charge in [0.05, 0.1) is 23.0 Å². The Morgan fingerprint density at radius 3 is 1.61 bits per heavy atom. The molecule has 0 aliphatic rings. The first kappa shape index (κ1) is 25.3. The molecule has 3 aromatic carbocycles. The third-order valence-corrected chi connectivity index (χ3v) is 4.00. The molecular formula is C21H18F6N4O2. The van der Waals surface area contributed by atoms with Crippen molar-refractivity contribution >= 4 is 17.6 Å². The van der Waals surface area contributed by atoms with E-state index in [1.54, 1.807) is 0 Å². The molecule has 3 rings (SSSR count). The van der Waals surface area contributed by atoms with Gasteiger partial charge in [-0.05, 0) is 72.3 Å². The molecule has 0 aromatic heterocycles. The first-order valence-electron chi connectivity index (χ1n) is 9.02. The van der Waals surface area contributed by atoms with Gasteiger partial charge in [-0.2, -0.15) is 31.4 Å². The minimum atomic E-state index is -4.37. The number of hydrazone groups is 1. The molecule has 0 saturated heterocycles. The van der Waals surface area contributed by atoms with E-state index in [2.05, 4.69) is 16.0 Å². The van der Waals surface area contributed by atoms with Gasteiger partial charge >= 0.3 is 12.4 Å². The highest BCUT2D eigenvalue weighted by atomic mass is 19.4. The molecule has 6 nitrogen and oxygen atoms in total. The van der Waals surface area contributed by atoms with E-state index in [1.807, 2.05) is 0 Å². The summed E-state index contributed by atoms with van der Waals surface area (Å²) in [5.41, 5.74) is 4.74. The summed E-state index contributed by atoms with van der Waals surface area (Å²) in [6.45, 7) is 0. The van der Waals surface area contributed by atoms with Crippen molar-refractivity contribution in [1.29, 1.82) is 0 Å². The average Bonchev–Trinajstić information content (AvgIpc) is 2.76. The Hall–Kier alpha value is -3.93. The van der Waals surface area contributed by atoms with Gasteiger partial charge in [-0.1, -0.05) is 0 Å². The lowest BCUT2D eigenvalue weighted by atomic mass is 10.2. The van der Waals surface area contributed by atoms with Gasteiger partial charge in [-0.15, -0.1) is 0 Å². The number of anilines is 2. The Balaban J connectivity index is 0.000000273. The number of alkyl halides is 6. The Labute approximate surface area is 184 Å². The highest BCUT2D eigenvalue weighted by Crippen LogP contribution is 2.30. The smallest absolute Gasteiger partial charge is 0.416 e. The van der Waals surface area contributed by atoms with E-state index < -0.39 is 23.5 Å². The Morgan fingerprint density at radius 2 is 1.18 bits per heavy atom. The predicted molar refractivity (Wildman–Crippen MR) is 112 cm³/mol. The second kappa shape index (κ2) is 10.6.